The third-order valence-corrected chi connectivity index (χ3v) is 8.15. The van der Waals surface area contributed by atoms with Gasteiger partial charge in [-0.1, -0.05) is 23.7 Å². The number of esters is 1. The van der Waals surface area contributed by atoms with Gasteiger partial charge in [0.1, 0.15) is 29.6 Å². The number of carbonyl (C=O) groups is 1. The molecule has 0 spiro atoms. The molecule has 14 heteroatoms. The topological polar surface area (TPSA) is 140 Å². The fourth-order valence-corrected chi connectivity index (χ4v) is 6.19. The summed E-state index contributed by atoms with van der Waals surface area (Å²) in [5, 5.41) is 3.34. The van der Waals surface area contributed by atoms with Crippen molar-refractivity contribution >= 4 is 42.2 Å². The molecule has 3 aromatic rings. The first kappa shape index (κ1) is 28.3. The van der Waals surface area contributed by atoms with Crippen LogP contribution in [-0.4, -0.2) is 51.0 Å². The zero-order valence-corrected chi connectivity index (χ0v) is 23.0. The van der Waals surface area contributed by atoms with E-state index in [0.717, 1.165) is 0 Å². The van der Waals surface area contributed by atoms with E-state index in [0.29, 0.717) is 11.0 Å². The van der Waals surface area contributed by atoms with E-state index in [2.05, 4.69) is 15.1 Å². The third kappa shape index (κ3) is 5.94. The molecule has 0 bridgehead atoms. The summed E-state index contributed by atoms with van der Waals surface area (Å²) in [6.45, 7) is 6.23. The van der Waals surface area contributed by atoms with Crippen LogP contribution >= 0.6 is 19.3 Å². The molecule has 0 amide bonds. The van der Waals surface area contributed by atoms with E-state index in [1.807, 2.05) is 0 Å². The first-order valence-corrected chi connectivity index (χ1v) is 13.9. The van der Waals surface area contributed by atoms with Crippen molar-refractivity contribution in [1.82, 2.24) is 19.6 Å². The van der Waals surface area contributed by atoms with Gasteiger partial charge in [-0.3, -0.25) is 9.32 Å². The summed E-state index contributed by atoms with van der Waals surface area (Å²) in [5.74, 6) is -0.314. The number of benzene rings is 1. The summed E-state index contributed by atoms with van der Waals surface area (Å²) in [4.78, 5) is 20.4. The smallest absolute Gasteiger partial charge is 0.459 e. The minimum Gasteiger partial charge on any atom is -0.465 e. The summed E-state index contributed by atoms with van der Waals surface area (Å²) in [6, 6.07) is 7.01. The van der Waals surface area contributed by atoms with Crippen LogP contribution in [0.25, 0.3) is 11.0 Å². The second kappa shape index (κ2) is 11.2. The number of ether oxygens (including phenoxy) is 2. The van der Waals surface area contributed by atoms with E-state index in [9.17, 15) is 9.36 Å². The minimum absolute atomic E-state index is 0.0740. The maximum atomic E-state index is 15.8. The zero-order valence-electron chi connectivity index (χ0n) is 21.3. The van der Waals surface area contributed by atoms with Gasteiger partial charge in [0.25, 0.3) is 0 Å². The number of alkyl halides is 1. The van der Waals surface area contributed by atoms with E-state index in [4.69, 9.17) is 35.9 Å². The van der Waals surface area contributed by atoms with Crippen molar-refractivity contribution in [2.75, 3.05) is 12.3 Å². The predicted molar refractivity (Wildman–Crippen MR) is 139 cm³/mol. The fraction of sp³-hybridized carbons (Fsp3) is 0.458. The molecule has 0 saturated carbocycles. The van der Waals surface area contributed by atoms with Gasteiger partial charge in [0.15, 0.2) is 11.9 Å². The Morgan fingerprint density at radius 2 is 2.11 bits per heavy atom. The van der Waals surface area contributed by atoms with E-state index < -0.39 is 43.9 Å². The number of para-hydroxylation sites is 1. The molecular weight excluding hydrogens is 540 g/mol. The Morgan fingerprint density at radius 3 is 2.82 bits per heavy atom. The minimum atomic E-state index is -4.26. The highest BCUT2D eigenvalue weighted by molar-refractivity contribution is 7.52. The van der Waals surface area contributed by atoms with E-state index in [-0.39, 0.29) is 29.6 Å². The van der Waals surface area contributed by atoms with Crippen LogP contribution in [0.1, 0.15) is 40.3 Å². The van der Waals surface area contributed by atoms with Crippen molar-refractivity contribution in [3.8, 4) is 5.75 Å². The van der Waals surface area contributed by atoms with Crippen LogP contribution in [0, 0.1) is 0 Å². The lowest BCUT2D eigenvalue weighted by molar-refractivity contribution is -0.144. The van der Waals surface area contributed by atoms with Crippen LogP contribution < -0.4 is 15.3 Å². The standard InChI is InChI=1S/C24H30ClFN5O6P/c1-5-34-22(32)14(2)30-38(33,37-18-9-7-6-8-17(18)25)36-15(3)19-12-24(4,26)23(35-19)31-11-10-16-20(27)28-13-29-21(16)31/h6-11,13-15,19,23H,5,12H2,1-4H3,(H,30,33)(H2,27,28,29)/t14-,15?,19-,23+,24+,38?/m0/s1. The van der Waals surface area contributed by atoms with Gasteiger partial charge in [-0.05, 0) is 45.9 Å². The second-order valence-electron chi connectivity index (χ2n) is 9.16. The molecule has 0 aliphatic carbocycles. The molecule has 3 heterocycles. The number of aromatic nitrogens is 3. The zero-order chi connectivity index (χ0) is 27.7. The SMILES string of the molecule is CCOC(=O)[C@H](C)NP(=O)(Oc1ccccc1Cl)OC(C)[C@@H]1C[C@@](C)(F)[C@H](n2ccc3c(N)ncnc32)O1. The van der Waals surface area contributed by atoms with Gasteiger partial charge < -0.3 is 24.3 Å². The maximum Gasteiger partial charge on any atom is 0.459 e. The highest BCUT2D eigenvalue weighted by atomic mass is 35.5. The molecule has 3 N–H and O–H groups in total. The van der Waals surface area contributed by atoms with E-state index in [1.54, 1.807) is 48.9 Å². The molecule has 1 fully saturated rings. The lowest BCUT2D eigenvalue weighted by atomic mass is 10.00. The summed E-state index contributed by atoms with van der Waals surface area (Å²) in [5.41, 5.74) is 4.50. The molecule has 206 valence electrons. The van der Waals surface area contributed by atoms with Gasteiger partial charge in [-0.2, -0.15) is 5.09 Å². The monoisotopic (exact) mass is 569 g/mol. The number of hydrogen-bond acceptors (Lipinski definition) is 9. The average molecular weight is 570 g/mol. The summed E-state index contributed by atoms with van der Waals surface area (Å²) in [7, 11) is -4.26. The molecule has 6 atom stereocenters. The van der Waals surface area contributed by atoms with Gasteiger partial charge >= 0.3 is 13.7 Å². The average Bonchev–Trinajstić information content (AvgIpc) is 3.41. The van der Waals surface area contributed by atoms with Crippen molar-refractivity contribution in [3.63, 3.8) is 0 Å². The number of rotatable bonds is 10. The molecule has 2 unspecified atom stereocenters. The van der Waals surface area contributed by atoms with Gasteiger partial charge in [-0.15, -0.1) is 0 Å². The molecule has 1 aliphatic rings. The van der Waals surface area contributed by atoms with Crippen LogP contribution in [0.2, 0.25) is 5.02 Å². The van der Waals surface area contributed by atoms with Crippen LogP contribution in [0.15, 0.2) is 42.9 Å². The molecule has 11 nitrogen and oxygen atoms in total. The summed E-state index contributed by atoms with van der Waals surface area (Å²) >= 11 is 6.20. The number of fused-ring (bicyclic) bond motifs is 1. The highest BCUT2D eigenvalue weighted by Gasteiger charge is 2.50. The predicted octanol–water partition coefficient (Wildman–Crippen LogP) is 4.82. The summed E-state index contributed by atoms with van der Waals surface area (Å²) in [6.07, 6.45) is -0.0128. The molecule has 4 rings (SSSR count). The fourth-order valence-electron chi connectivity index (χ4n) is 4.23. The van der Waals surface area contributed by atoms with Gasteiger partial charge in [0, 0.05) is 12.6 Å². The van der Waals surface area contributed by atoms with Gasteiger partial charge in [0.05, 0.1) is 29.2 Å². The largest absolute Gasteiger partial charge is 0.465 e. The van der Waals surface area contributed by atoms with Gasteiger partial charge in [0.2, 0.25) is 0 Å². The van der Waals surface area contributed by atoms with Crippen molar-refractivity contribution < 1.29 is 32.3 Å². The lowest BCUT2D eigenvalue weighted by Gasteiger charge is -2.28. The van der Waals surface area contributed by atoms with E-state index in [1.165, 1.54) is 26.2 Å². The quantitative estimate of drug-likeness (QED) is 0.258. The van der Waals surface area contributed by atoms with Crippen molar-refractivity contribution in [2.45, 2.75) is 64.3 Å². The number of anilines is 1. The summed E-state index contributed by atoms with van der Waals surface area (Å²) < 4.78 is 53.9. The highest BCUT2D eigenvalue weighted by Crippen LogP contribution is 2.51. The molecule has 38 heavy (non-hydrogen) atoms. The van der Waals surface area contributed by atoms with Crippen LogP contribution in [0.4, 0.5) is 10.2 Å². The maximum absolute atomic E-state index is 15.8. The number of nitrogens with zero attached hydrogens (tertiary/aromatic N) is 3. The van der Waals surface area contributed by atoms with Crippen molar-refractivity contribution in [3.05, 3.63) is 47.9 Å². The third-order valence-electron chi connectivity index (χ3n) is 6.09. The molecule has 2 aromatic heterocycles. The first-order chi connectivity index (χ1) is 17.9. The molecule has 1 saturated heterocycles. The van der Waals surface area contributed by atoms with Gasteiger partial charge in [-0.25, -0.2) is 18.9 Å². The van der Waals surface area contributed by atoms with Crippen molar-refractivity contribution in [1.29, 1.82) is 0 Å². The number of carbonyl (C=O) groups excluding carboxylic acids is 1. The Labute approximate surface area is 224 Å². The molecule has 1 aliphatic heterocycles. The Bertz CT molecular complexity index is 1360. The van der Waals surface area contributed by atoms with E-state index >= 15 is 4.39 Å². The molecule has 0 radical (unpaired) electrons. The Kier molecular flexibility index (Phi) is 8.29. The number of nitrogen functional groups attached to an aromatic ring is 1. The molecular formula is C24H30ClFN5O6P. The first-order valence-electron chi connectivity index (χ1n) is 12.0. The number of nitrogens with one attached hydrogen (secondary N) is 1. The lowest BCUT2D eigenvalue weighted by Crippen LogP contribution is -2.37. The Balaban J connectivity index is 1.57. The second-order valence-corrected chi connectivity index (χ2v) is 11.2. The van der Waals surface area contributed by atoms with Crippen LogP contribution in [0.3, 0.4) is 0 Å². The van der Waals surface area contributed by atoms with Crippen LogP contribution in [-0.2, 0) is 23.4 Å². The van der Waals surface area contributed by atoms with Crippen LogP contribution in [0.5, 0.6) is 5.75 Å². The normalized spacial score (nSPS) is 24.6. The number of halogens is 2. The Morgan fingerprint density at radius 1 is 1.37 bits per heavy atom. The van der Waals surface area contributed by atoms with Crippen molar-refractivity contribution in [2.24, 2.45) is 0 Å². The number of hydrogen-bond donors (Lipinski definition) is 2. The Hall–Kier alpha value is -2.76. The molecule has 1 aromatic carbocycles. The number of nitrogens with two attached hydrogens (primary N) is 1.